The highest BCUT2D eigenvalue weighted by Gasteiger charge is 2.61. The fraction of sp³-hybridized carbons (Fsp3) is 0.667. The molecule has 2 fully saturated rings. The molecule has 4 nitrogen and oxygen atoms in total. The van der Waals surface area contributed by atoms with Gasteiger partial charge in [0.05, 0.1) is 0 Å². The Morgan fingerprint density at radius 3 is 2.62 bits per heavy atom. The number of rotatable bonds is 1. The smallest absolute Gasteiger partial charge is 0.338 e. The van der Waals surface area contributed by atoms with Crippen LogP contribution in [0.5, 0.6) is 0 Å². The minimum atomic E-state index is -0.908. The largest absolute Gasteiger partial charge is 0.439 e. The first kappa shape index (κ1) is 11.2. The van der Waals surface area contributed by atoms with Crippen molar-refractivity contribution in [1.29, 1.82) is 0 Å². The average Bonchev–Trinajstić information content (AvgIpc) is 2.65. The first-order valence-corrected chi connectivity index (χ1v) is 5.50. The summed E-state index contributed by atoms with van der Waals surface area (Å²) in [4.78, 5) is 25.4. The molecule has 0 aromatic heterocycles. The van der Waals surface area contributed by atoms with Crippen molar-refractivity contribution >= 4 is 11.9 Å². The summed E-state index contributed by atoms with van der Waals surface area (Å²) in [5, 5.41) is 0. The number of hydrogen-bond acceptors (Lipinski definition) is 3. The van der Waals surface area contributed by atoms with Crippen LogP contribution in [0, 0.1) is 5.41 Å². The van der Waals surface area contributed by atoms with E-state index in [1.807, 2.05) is 20.8 Å². The number of ether oxygens (including phenoxy) is 1. The van der Waals surface area contributed by atoms with Crippen LogP contribution >= 0.6 is 0 Å². The van der Waals surface area contributed by atoms with Crippen LogP contribution in [0.25, 0.3) is 0 Å². The maximum atomic E-state index is 11.9. The molecule has 2 unspecified atom stereocenters. The van der Waals surface area contributed by atoms with E-state index in [0.29, 0.717) is 12.8 Å². The molecule has 2 atom stereocenters. The molecule has 0 aromatic rings. The van der Waals surface area contributed by atoms with Crippen LogP contribution in [0.1, 0.15) is 33.6 Å². The van der Waals surface area contributed by atoms with Gasteiger partial charge in [0.1, 0.15) is 0 Å². The van der Waals surface area contributed by atoms with Gasteiger partial charge in [0.2, 0.25) is 5.91 Å². The van der Waals surface area contributed by atoms with Gasteiger partial charge in [-0.2, -0.15) is 0 Å². The van der Waals surface area contributed by atoms with E-state index < -0.39 is 11.8 Å². The first-order chi connectivity index (χ1) is 7.33. The molecule has 0 aromatic carbocycles. The summed E-state index contributed by atoms with van der Waals surface area (Å²) in [6.07, 6.45) is 1.95. The Morgan fingerprint density at radius 2 is 2.12 bits per heavy atom. The lowest BCUT2D eigenvalue weighted by Crippen LogP contribution is -2.49. The molecule has 16 heavy (non-hydrogen) atoms. The van der Waals surface area contributed by atoms with E-state index in [4.69, 9.17) is 4.74 Å². The van der Waals surface area contributed by atoms with Crippen LogP contribution in [0.3, 0.4) is 0 Å². The summed E-state index contributed by atoms with van der Waals surface area (Å²) in [5.74, 6) is -0.362. The van der Waals surface area contributed by atoms with Gasteiger partial charge >= 0.3 is 5.97 Å². The number of cyclic esters (lactones) is 1. The number of fused-ring (bicyclic) bond motifs is 1. The Labute approximate surface area is 95.2 Å². The number of hydrogen-bond donors (Lipinski definition) is 0. The summed E-state index contributed by atoms with van der Waals surface area (Å²) >= 11 is 0. The van der Waals surface area contributed by atoms with Crippen molar-refractivity contribution in [2.75, 3.05) is 0 Å². The summed E-state index contributed by atoms with van der Waals surface area (Å²) in [7, 11) is 0. The molecular weight excluding hydrogens is 206 g/mol. The highest BCUT2D eigenvalue weighted by molar-refractivity contribution is 5.96. The normalized spacial score (nSPS) is 33.9. The number of amides is 1. The second-order valence-corrected chi connectivity index (χ2v) is 5.52. The number of carbonyl (C=O) groups excluding carboxylic acids is 2. The zero-order chi connectivity index (χ0) is 12.1. The Balaban J connectivity index is 2.46. The monoisotopic (exact) mass is 223 g/mol. The SMILES string of the molecule is C=CC12CCC(=O)N1C(C(C)(C)C)OC2=O. The maximum Gasteiger partial charge on any atom is 0.338 e. The van der Waals surface area contributed by atoms with Gasteiger partial charge < -0.3 is 4.74 Å². The molecule has 2 rings (SSSR count). The van der Waals surface area contributed by atoms with E-state index in [0.717, 1.165) is 0 Å². The molecule has 2 aliphatic heterocycles. The number of carbonyl (C=O) groups is 2. The molecule has 0 bridgehead atoms. The molecule has 88 valence electrons. The summed E-state index contributed by atoms with van der Waals surface area (Å²) in [6.45, 7) is 9.54. The van der Waals surface area contributed by atoms with Gasteiger partial charge in [0.15, 0.2) is 11.8 Å². The van der Waals surface area contributed by atoms with Crippen molar-refractivity contribution in [2.45, 2.75) is 45.4 Å². The van der Waals surface area contributed by atoms with Crippen LogP contribution in [0.15, 0.2) is 12.7 Å². The summed E-state index contributed by atoms with van der Waals surface area (Å²) in [6, 6.07) is 0. The maximum absolute atomic E-state index is 11.9. The van der Waals surface area contributed by atoms with E-state index in [9.17, 15) is 9.59 Å². The molecule has 0 saturated carbocycles. The molecule has 4 heteroatoms. The van der Waals surface area contributed by atoms with E-state index in [1.165, 1.54) is 0 Å². The second kappa shape index (κ2) is 3.09. The first-order valence-electron chi connectivity index (χ1n) is 5.50. The lowest BCUT2D eigenvalue weighted by molar-refractivity contribution is -0.151. The molecule has 0 radical (unpaired) electrons. The van der Waals surface area contributed by atoms with Crippen molar-refractivity contribution in [3.63, 3.8) is 0 Å². The quantitative estimate of drug-likeness (QED) is 0.499. The molecule has 0 N–H and O–H groups in total. The molecule has 2 aliphatic rings. The van der Waals surface area contributed by atoms with E-state index in [-0.39, 0.29) is 17.3 Å². The fourth-order valence-electron chi connectivity index (χ4n) is 2.41. The Bertz CT molecular complexity index is 369. The van der Waals surface area contributed by atoms with Gasteiger partial charge in [-0.3, -0.25) is 9.69 Å². The summed E-state index contributed by atoms with van der Waals surface area (Å²) < 4.78 is 5.35. The van der Waals surface area contributed by atoms with Gasteiger partial charge in [-0.15, -0.1) is 6.58 Å². The number of nitrogens with zero attached hydrogens (tertiary/aromatic N) is 1. The highest BCUT2D eigenvalue weighted by atomic mass is 16.6. The molecular formula is C12H17NO3. The minimum absolute atomic E-state index is 0.0225. The molecule has 0 aliphatic carbocycles. The standard InChI is InChI=1S/C12H17NO3/c1-5-12-7-6-8(14)13(12)9(11(2,3)4)16-10(12)15/h5,9H,1,6-7H2,2-4H3. The van der Waals surface area contributed by atoms with Gasteiger partial charge in [0, 0.05) is 11.8 Å². The molecule has 2 heterocycles. The van der Waals surface area contributed by atoms with Gasteiger partial charge in [-0.05, 0) is 6.42 Å². The van der Waals surface area contributed by atoms with Crippen LogP contribution in [0.2, 0.25) is 0 Å². The van der Waals surface area contributed by atoms with E-state index in [2.05, 4.69) is 6.58 Å². The van der Waals surface area contributed by atoms with E-state index in [1.54, 1.807) is 11.0 Å². The van der Waals surface area contributed by atoms with Crippen molar-refractivity contribution in [3.05, 3.63) is 12.7 Å². The topological polar surface area (TPSA) is 46.6 Å². The zero-order valence-electron chi connectivity index (χ0n) is 9.95. The third-order valence-electron chi connectivity index (χ3n) is 3.30. The van der Waals surface area contributed by atoms with Crippen LogP contribution in [0.4, 0.5) is 0 Å². The Morgan fingerprint density at radius 1 is 1.50 bits per heavy atom. The van der Waals surface area contributed by atoms with Gasteiger partial charge in [0.25, 0.3) is 0 Å². The van der Waals surface area contributed by atoms with Crippen molar-refractivity contribution in [3.8, 4) is 0 Å². The van der Waals surface area contributed by atoms with Gasteiger partial charge in [-0.25, -0.2) is 4.79 Å². The van der Waals surface area contributed by atoms with Crippen LogP contribution in [-0.2, 0) is 14.3 Å². The van der Waals surface area contributed by atoms with Crippen LogP contribution in [-0.4, -0.2) is 28.5 Å². The third kappa shape index (κ3) is 1.22. The molecule has 1 amide bonds. The lowest BCUT2D eigenvalue weighted by atomic mass is 9.91. The predicted octanol–water partition coefficient (Wildman–Crippen LogP) is 1.46. The molecule has 0 spiro atoms. The van der Waals surface area contributed by atoms with Gasteiger partial charge in [-0.1, -0.05) is 26.8 Å². The minimum Gasteiger partial charge on any atom is -0.439 e. The Kier molecular flexibility index (Phi) is 2.16. The second-order valence-electron chi connectivity index (χ2n) is 5.52. The van der Waals surface area contributed by atoms with E-state index >= 15 is 0 Å². The molecule has 2 saturated heterocycles. The summed E-state index contributed by atoms with van der Waals surface area (Å²) in [5.41, 5.74) is -1.19. The van der Waals surface area contributed by atoms with Crippen LogP contribution < -0.4 is 0 Å². The highest BCUT2D eigenvalue weighted by Crippen LogP contribution is 2.45. The average molecular weight is 223 g/mol. The van der Waals surface area contributed by atoms with Crippen molar-refractivity contribution < 1.29 is 14.3 Å². The van der Waals surface area contributed by atoms with Crippen molar-refractivity contribution in [1.82, 2.24) is 4.90 Å². The zero-order valence-corrected chi connectivity index (χ0v) is 9.95. The fourth-order valence-corrected chi connectivity index (χ4v) is 2.41. The lowest BCUT2D eigenvalue weighted by Gasteiger charge is -2.34. The third-order valence-corrected chi connectivity index (χ3v) is 3.30. The predicted molar refractivity (Wildman–Crippen MR) is 58.3 cm³/mol. The van der Waals surface area contributed by atoms with Crippen molar-refractivity contribution in [2.24, 2.45) is 5.41 Å². The number of esters is 1. The Hall–Kier alpha value is -1.32.